The Labute approximate surface area is 161 Å². The number of hydrogen-bond donors (Lipinski definition) is 1. The van der Waals surface area contributed by atoms with Crippen molar-refractivity contribution in [2.24, 2.45) is 4.99 Å². The topological polar surface area (TPSA) is 113 Å². The van der Waals surface area contributed by atoms with E-state index in [1.165, 1.54) is 11.8 Å². The van der Waals surface area contributed by atoms with Gasteiger partial charge in [-0.25, -0.2) is 8.42 Å². The summed E-state index contributed by atoms with van der Waals surface area (Å²) < 4.78 is 29.5. The molecule has 1 aromatic rings. The number of benzene rings is 1. The maximum atomic E-state index is 12.0. The molecule has 2 atom stereocenters. The predicted octanol–water partition coefficient (Wildman–Crippen LogP) is 1.55. The lowest BCUT2D eigenvalue weighted by Gasteiger charge is -2.24. The number of sulfone groups is 1. The third kappa shape index (κ3) is 4.62. The highest BCUT2D eigenvalue weighted by Gasteiger charge is 2.49. The number of hydrogen-bond acceptors (Lipinski definition) is 6. The molecular formula is C17H20N2O6S2. The Hall–Kier alpha value is -2.07. The molecule has 2 fully saturated rings. The minimum absolute atomic E-state index is 0.000213. The van der Waals surface area contributed by atoms with E-state index < -0.39 is 21.7 Å². The molecule has 8 nitrogen and oxygen atoms in total. The first-order valence-electron chi connectivity index (χ1n) is 8.51. The van der Waals surface area contributed by atoms with Crippen molar-refractivity contribution >= 4 is 44.3 Å². The number of ether oxygens (including phenoxy) is 1. The van der Waals surface area contributed by atoms with Crippen LogP contribution in [0.4, 0.5) is 5.69 Å². The van der Waals surface area contributed by atoms with Crippen molar-refractivity contribution in [1.29, 1.82) is 0 Å². The molecule has 0 aromatic heterocycles. The molecular weight excluding hydrogens is 392 g/mol. The van der Waals surface area contributed by atoms with Crippen LogP contribution < -0.4 is 9.64 Å². The summed E-state index contributed by atoms with van der Waals surface area (Å²) in [7, 11) is -3.14. The van der Waals surface area contributed by atoms with Crippen molar-refractivity contribution in [3.05, 3.63) is 24.3 Å². The molecule has 27 heavy (non-hydrogen) atoms. The standard InChI is InChI=1S/C17H20N2O6S2/c1-2-25-12-5-3-11(4-6-12)19-13-9-27(23,24)10-14(13)26-17(19)18-15(20)7-8-16(21)22/h3-6,13-14H,2,7-10H2,1H3,(H,21,22)/t13-,14+/m0/s1. The number of fused-ring (bicyclic) bond motifs is 1. The van der Waals surface area contributed by atoms with E-state index in [9.17, 15) is 18.0 Å². The molecule has 2 aliphatic rings. The minimum Gasteiger partial charge on any atom is -0.494 e. The van der Waals surface area contributed by atoms with E-state index in [1.54, 1.807) is 29.2 Å². The number of thioether (sulfide) groups is 1. The van der Waals surface area contributed by atoms with Crippen LogP contribution in [0.2, 0.25) is 0 Å². The Morgan fingerprint density at radius 2 is 1.96 bits per heavy atom. The first-order chi connectivity index (χ1) is 12.8. The summed E-state index contributed by atoms with van der Waals surface area (Å²) >= 11 is 1.26. The molecule has 2 heterocycles. The van der Waals surface area contributed by atoms with Gasteiger partial charge < -0.3 is 14.7 Å². The van der Waals surface area contributed by atoms with Crippen molar-refractivity contribution in [2.75, 3.05) is 23.0 Å². The second-order valence-electron chi connectivity index (χ2n) is 6.28. The van der Waals surface area contributed by atoms with Crippen LogP contribution in [0.5, 0.6) is 5.75 Å². The van der Waals surface area contributed by atoms with Gasteiger partial charge in [0.1, 0.15) is 5.75 Å². The average molecular weight is 412 g/mol. The lowest BCUT2D eigenvalue weighted by Crippen LogP contribution is -2.37. The van der Waals surface area contributed by atoms with E-state index in [2.05, 4.69) is 4.99 Å². The Morgan fingerprint density at radius 1 is 1.26 bits per heavy atom. The van der Waals surface area contributed by atoms with E-state index in [0.29, 0.717) is 17.5 Å². The third-order valence-electron chi connectivity index (χ3n) is 4.27. The number of carboxylic acid groups (broad SMARTS) is 1. The molecule has 0 unspecified atom stereocenters. The highest BCUT2D eigenvalue weighted by Crippen LogP contribution is 2.41. The number of nitrogens with zero attached hydrogens (tertiary/aromatic N) is 2. The van der Waals surface area contributed by atoms with Crippen LogP contribution in [0.1, 0.15) is 19.8 Å². The number of rotatable bonds is 6. The molecule has 1 N–H and O–H groups in total. The monoisotopic (exact) mass is 412 g/mol. The van der Waals surface area contributed by atoms with Crippen molar-refractivity contribution in [2.45, 2.75) is 31.1 Å². The Kier molecular flexibility index (Phi) is 5.75. The van der Waals surface area contributed by atoms with E-state index in [0.717, 1.165) is 5.69 Å². The van der Waals surface area contributed by atoms with Crippen molar-refractivity contribution in [3.63, 3.8) is 0 Å². The summed E-state index contributed by atoms with van der Waals surface area (Å²) in [6, 6.07) is 6.87. The van der Waals surface area contributed by atoms with Gasteiger partial charge in [-0.15, -0.1) is 0 Å². The zero-order chi connectivity index (χ0) is 19.6. The largest absolute Gasteiger partial charge is 0.494 e. The lowest BCUT2D eigenvalue weighted by molar-refractivity contribution is -0.138. The summed E-state index contributed by atoms with van der Waals surface area (Å²) in [5.74, 6) is -0.856. The van der Waals surface area contributed by atoms with Gasteiger partial charge in [0.2, 0.25) is 5.91 Å². The van der Waals surface area contributed by atoms with Crippen LogP contribution in [-0.2, 0) is 19.4 Å². The first-order valence-corrected chi connectivity index (χ1v) is 11.2. The highest BCUT2D eigenvalue weighted by atomic mass is 32.2. The lowest BCUT2D eigenvalue weighted by atomic mass is 10.2. The van der Waals surface area contributed by atoms with Gasteiger partial charge in [0, 0.05) is 17.4 Å². The molecule has 2 aliphatic heterocycles. The highest BCUT2D eigenvalue weighted by molar-refractivity contribution is 8.16. The van der Waals surface area contributed by atoms with Gasteiger partial charge in [0.05, 0.1) is 30.6 Å². The fraction of sp³-hybridized carbons (Fsp3) is 0.471. The Morgan fingerprint density at radius 3 is 2.59 bits per heavy atom. The number of amides is 1. The fourth-order valence-electron chi connectivity index (χ4n) is 3.11. The normalized spacial score (nSPS) is 24.8. The second kappa shape index (κ2) is 7.89. The maximum absolute atomic E-state index is 12.0. The number of aliphatic carboxylic acids is 1. The van der Waals surface area contributed by atoms with Gasteiger partial charge in [-0.2, -0.15) is 4.99 Å². The summed E-state index contributed by atoms with van der Waals surface area (Å²) in [6.45, 7) is 2.42. The van der Waals surface area contributed by atoms with Gasteiger partial charge in [-0.3, -0.25) is 9.59 Å². The van der Waals surface area contributed by atoms with Crippen LogP contribution in [0, 0.1) is 0 Å². The van der Waals surface area contributed by atoms with E-state index in [-0.39, 0.29) is 35.6 Å². The molecule has 0 radical (unpaired) electrons. The molecule has 0 spiro atoms. The molecule has 0 aliphatic carbocycles. The van der Waals surface area contributed by atoms with Gasteiger partial charge in [0.15, 0.2) is 15.0 Å². The molecule has 0 bridgehead atoms. The second-order valence-corrected chi connectivity index (χ2v) is 9.64. The summed E-state index contributed by atoms with van der Waals surface area (Å²) in [5.41, 5.74) is 0.723. The van der Waals surface area contributed by atoms with Crippen molar-refractivity contribution in [3.8, 4) is 5.75 Å². The van der Waals surface area contributed by atoms with E-state index in [4.69, 9.17) is 9.84 Å². The van der Waals surface area contributed by atoms with E-state index in [1.807, 2.05) is 6.92 Å². The number of anilines is 1. The first kappa shape index (κ1) is 19.7. The molecule has 3 rings (SSSR count). The molecule has 2 saturated heterocycles. The van der Waals surface area contributed by atoms with Gasteiger partial charge in [0.25, 0.3) is 0 Å². The Bertz CT molecular complexity index is 866. The van der Waals surface area contributed by atoms with Crippen molar-refractivity contribution < 1.29 is 27.9 Å². The summed E-state index contributed by atoms with van der Waals surface area (Å²) in [4.78, 5) is 28.5. The zero-order valence-corrected chi connectivity index (χ0v) is 16.3. The van der Waals surface area contributed by atoms with Gasteiger partial charge in [-0.1, -0.05) is 11.8 Å². The molecule has 1 aromatic carbocycles. The van der Waals surface area contributed by atoms with Crippen LogP contribution in [-0.4, -0.2) is 60.0 Å². The number of carboxylic acids is 1. The molecule has 10 heteroatoms. The summed E-state index contributed by atoms with van der Waals surface area (Å²) in [6.07, 6.45) is -0.477. The van der Waals surface area contributed by atoms with Crippen LogP contribution in [0.25, 0.3) is 0 Å². The molecule has 1 amide bonds. The molecule has 0 saturated carbocycles. The van der Waals surface area contributed by atoms with Crippen LogP contribution in [0.15, 0.2) is 29.3 Å². The predicted molar refractivity (Wildman–Crippen MR) is 103 cm³/mol. The number of aliphatic imine (C=N–C) groups is 1. The van der Waals surface area contributed by atoms with Crippen molar-refractivity contribution in [1.82, 2.24) is 0 Å². The SMILES string of the molecule is CCOc1ccc(N2C(=NC(=O)CCC(=O)O)S[C@@H]3CS(=O)(=O)C[C@@H]32)cc1. The fourth-order valence-corrected chi connectivity index (χ4v) is 7.04. The maximum Gasteiger partial charge on any atom is 0.303 e. The van der Waals surface area contributed by atoms with Crippen LogP contribution in [0.3, 0.4) is 0 Å². The number of amidine groups is 1. The summed E-state index contributed by atoms with van der Waals surface area (Å²) in [5, 5.41) is 8.93. The number of carbonyl (C=O) groups excluding carboxylic acids is 1. The van der Waals surface area contributed by atoms with Crippen LogP contribution >= 0.6 is 11.8 Å². The smallest absolute Gasteiger partial charge is 0.303 e. The van der Waals surface area contributed by atoms with Gasteiger partial charge >= 0.3 is 5.97 Å². The van der Waals surface area contributed by atoms with E-state index >= 15 is 0 Å². The Balaban J connectivity index is 1.88. The molecule has 146 valence electrons. The quantitative estimate of drug-likeness (QED) is 0.749. The van der Waals surface area contributed by atoms with Gasteiger partial charge in [-0.05, 0) is 31.2 Å². The zero-order valence-electron chi connectivity index (χ0n) is 14.7. The minimum atomic E-state index is -3.14. The third-order valence-corrected chi connectivity index (χ3v) is 7.48. The number of carbonyl (C=O) groups is 2. The average Bonchev–Trinajstić information content (AvgIpc) is 3.05.